The van der Waals surface area contributed by atoms with Crippen LogP contribution < -0.4 is 15.5 Å². The first-order valence-corrected chi connectivity index (χ1v) is 7.60. The van der Waals surface area contributed by atoms with Gasteiger partial charge in [-0.3, -0.25) is 4.79 Å². The van der Waals surface area contributed by atoms with E-state index < -0.39 is 12.6 Å². The number of aliphatic carboxylic acids is 1. The molecule has 25 heavy (non-hydrogen) atoms. The van der Waals surface area contributed by atoms with Crippen LogP contribution in [0.25, 0.3) is 0 Å². The van der Waals surface area contributed by atoms with Crippen LogP contribution in [0, 0.1) is 6.92 Å². The number of carboxylic acids is 1. The topological polar surface area (TPSA) is 100 Å². The quantitative estimate of drug-likeness (QED) is 0.504. The summed E-state index contributed by atoms with van der Waals surface area (Å²) in [7, 11) is 0. The van der Waals surface area contributed by atoms with Gasteiger partial charge in [-0.15, -0.1) is 0 Å². The fourth-order valence-corrected chi connectivity index (χ4v) is 1.87. The van der Waals surface area contributed by atoms with E-state index in [-0.39, 0.29) is 12.5 Å². The number of ether oxygens (including phenoxy) is 1. The van der Waals surface area contributed by atoms with Crippen LogP contribution in [0.2, 0.25) is 0 Å². The number of rotatable bonds is 8. The molecule has 0 unspecified atom stereocenters. The third-order valence-corrected chi connectivity index (χ3v) is 3.15. The van der Waals surface area contributed by atoms with Crippen LogP contribution in [0.15, 0.2) is 53.6 Å². The zero-order chi connectivity index (χ0) is 18.1. The summed E-state index contributed by atoms with van der Waals surface area (Å²) < 4.78 is 5.02. The molecule has 7 heteroatoms. The lowest BCUT2D eigenvalue weighted by Crippen LogP contribution is -2.25. The number of hydrogen-bond donors (Lipinski definition) is 3. The molecule has 0 fully saturated rings. The predicted molar refractivity (Wildman–Crippen MR) is 95.0 cm³/mol. The largest absolute Gasteiger partial charge is 0.482 e. The SMILES string of the molecule is Cc1ccc(NCC(=O)N/N=C\c2ccc(OCC(=O)O)cc2)cc1. The highest BCUT2D eigenvalue weighted by Crippen LogP contribution is 2.11. The number of carbonyl (C=O) groups is 2. The van der Waals surface area contributed by atoms with E-state index >= 15 is 0 Å². The smallest absolute Gasteiger partial charge is 0.341 e. The average molecular weight is 341 g/mol. The van der Waals surface area contributed by atoms with E-state index in [9.17, 15) is 9.59 Å². The summed E-state index contributed by atoms with van der Waals surface area (Å²) in [5.41, 5.74) is 5.19. The lowest BCUT2D eigenvalue weighted by Gasteiger charge is -2.05. The maximum atomic E-state index is 11.7. The maximum absolute atomic E-state index is 11.7. The van der Waals surface area contributed by atoms with Gasteiger partial charge >= 0.3 is 5.97 Å². The van der Waals surface area contributed by atoms with Gasteiger partial charge in [-0.05, 0) is 48.9 Å². The van der Waals surface area contributed by atoms with Gasteiger partial charge in [0, 0.05) is 5.69 Å². The second-order valence-electron chi connectivity index (χ2n) is 5.26. The fraction of sp³-hybridized carbons (Fsp3) is 0.167. The van der Waals surface area contributed by atoms with Crippen molar-refractivity contribution in [3.05, 3.63) is 59.7 Å². The Morgan fingerprint density at radius 3 is 2.44 bits per heavy atom. The molecule has 0 aliphatic heterocycles. The number of aryl methyl sites for hydroxylation is 1. The first-order chi connectivity index (χ1) is 12.0. The van der Waals surface area contributed by atoms with Crippen LogP contribution in [0.3, 0.4) is 0 Å². The summed E-state index contributed by atoms with van der Waals surface area (Å²) >= 11 is 0. The number of nitrogens with zero attached hydrogens (tertiary/aromatic N) is 1. The van der Waals surface area contributed by atoms with Crippen molar-refractivity contribution in [2.75, 3.05) is 18.5 Å². The summed E-state index contributed by atoms with van der Waals surface area (Å²) in [5, 5.41) is 15.4. The van der Waals surface area contributed by atoms with E-state index in [4.69, 9.17) is 9.84 Å². The molecule has 2 rings (SSSR count). The Kier molecular flexibility index (Phi) is 6.53. The van der Waals surface area contributed by atoms with Crippen molar-refractivity contribution in [3.63, 3.8) is 0 Å². The molecule has 0 saturated carbocycles. The van der Waals surface area contributed by atoms with E-state index in [1.165, 1.54) is 6.21 Å². The molecular weight excluding hydrogens is 322 g/mol. The summed E-state index contributed by atoms with van der Waals surface area (Å²) in [5.74, 6) is -0.850. The Bertz CT molecular complexity index is 740. The van der Waals surface area contributed by atoms with Crippen LogP contribution in [-0.2, 0) is 9.59 Å². The van der Waals surface area contributed by atoms with Crippen molar-refractivity contribution in [1.82, 2.24) is 5.43 Å². The molecule has 0 bridgehead atoms. The molecule has 130 valence electrons. The van der Waals surface area contributed by atoms with Crippen LogP contribution in [-0.4, -0.2) is 36.3 Å². The van der Waals surface area contributed by atoms with Gasteiger partial charge < -0.3 is 15.2 Å². The molecule has 7 nitrogen and oxygen atoms in total. The predicted octanol–water partition coefficient (Wildman–Crippen LogP) is 2.02. The zero-order valence-electron chi connectivity index (χ0n) is 13.7. The minimum absolute atomic E-state index is 0.113. The molecule has 0 radical (unpaired) electrons. The molecule has 0 saturated heterocycles. The molecule has 0 aromatic heterocycles. The van der Waals surface area contributed by atoms with E-state index in [0.717, 1.165) is 16.8 Å². The number of carboxylic acid groups (broad SMARTS) is 1. The van der Waals surface area contributed by atoms with Crippen LogP contribution >= 0.6 is 0 Å². The number of hydrogen-bond acceptors (Lipinski definition) is 5. The minimum atomic E-state index is -1.03. The normalized spacial score (nSPS) is 10.4. The summed E-state index contributed by atoms with van der Waals surface area (Å²) in [4.78, 5) is 22.1. The highest BCUT2D eigenvalue weighted by molar-refractivity contribution is 5.84. The van der Waals surface area contributed by atoms with Gasteiger partial charge in [-0.2, -0.15) is 5.10 Å². The Labute approximate surface area is 145 Å². The number of amides is 1. The number of benzene rings is 2. The zero-order valence-corrected chi connectivity index (χ0v) is 13.7. The first kappa shape index (κ1) is 18.0. The molecule has 0 aliphatic carbocycles. The van der Waals surface area contributed by atoms with Crippen molar-refractivity contribution >= 4 is 23.8 Å². The van der Waals surface area contributed by atoms with Gasteiger partial charge in [-0.1, -0.05) is 17.7 Å². The molecular formula is C18H19N3O4. The van der Waals surface area contributed by atoms with Gasteiger partial charge in [0.15, 0.2) is 6.61 Å². The van der Waals surface area contributed by atoms with Crippen molar-refractivity contribution < 1.29 is 19.4 Å². The van der Waals surface area contributed by atoms with E-state index in [2.05, 4.69) is 15.8 Å². The Morgan fingerprint density at radius 2 is 1.80 bits per heavy atom. The average Bonchev–Trinajstić information content (AvgIpc) is 2.60. The Hall–Kier alpha value is -3.35. The number of hydrazone groups is 1. The lowest BCUT2D eigenvalue weighted by molar-refractivity contribution is -0.139. The molecule has 0 spiro atoms. The van der Waals surface area contributed by atoms with Gasteiger partial charge in [0.25, 0.3) is 5.91 Å². The van der Waals surface area contributed by atoms with Crippen LogP contribution in [0.4, 0.5) is 5.69 Å². The van der Waals surface area contributed by atoms with Crippen molar-refractivity contribution in [2.24, 2.45) is 5.10 Å². The van der Waals surface area contributed by atoms with Crippen molar-refractivity contribution in [3.8, 4) is 5.75 Å². The Morgan fingerprint density at radius 1 is 1.12 bits per heavy atom. The van der Waals surface area contributed by atoms with Gasteiger partial charge in [-0.25, -0.2) is 10.2 Å². The van der Waals surface area contributed by atoms with E-state index in [1.54, 1.807) is 24.3 Å². The van der Waals surface area contributed by atoms with Crippen LogP contribution in [0.5, 0.6) is 5.75 Å². The highest BCUT2D eigenvalue weighted by Gasteiger charge is 2.00. The van der Waals surface area contributed by atoms with Crippen molar-refractivity contribution in [1.29, 1.82) is 0 Å². The molecule has 2 aromatic carbocycles. The number of nitrogens with one attached hydrogen (secondary N) is 2. The molecule has 2 aromatic rings. The molecule has 1 amide bonds. The minimum Gasteiger partial charge on any atom is -0.482 e. The molecule has 0 aliphatic rings. The third-order valence-electron chi connectivity index (χ3n) is 3.15. The highest BCUT2D eigenvalue weighted by atomic mass is 16.5. The second kappa shape index (κ2) is 9.07. The van der Waals surface area contributed by atoms with E-state index in [0.29, 0.717) is 5.75 Å². The fourth-order valence-electron chi connectivity index (χ4n) is 1.87. The monoisotopic (exact) mass is 341 g/mol. The number of anilines is 1. The van der Waals surface area contributed by atoms with E-state index in [1.807, 2.05) is 31.2 Å². The standard InChI is InChI=1S/C18H19N3O4/c1-13-2-6-15(7-3-13)19-11-17(22)21-20-10-14-4-8-16(9-5-14)25-12-18(23)24/h2-10,19H,11-12H2,1H3,(H,21,22)(H,23,24)/b20-10-. The van der Waals surface area contributed by atoms with Gasteiger partial charge in [0.1, 0.15) is 5.75 Å². The summed E-state index contributed by atoms with van der Waals surface area (Å²) in [6, 6.07) is 14.4. The molecule has 0 atom stereocenters. The first-order valence-electron chi connectivity index (χ1n) is 7.60. The van der Waals surface area contributed by atoms with Crippen molar-refractivity contribution in [2.45, 2.75) is 6.92 Å². The maximum Gasteiger partial charge on any atom is 0.341 e. The third kappa shape index (κ3) is 6.74. The molecule has 0 heterocycles. The molecule has 3 N–H and O–H groups in total. The van der Waals surface area contributed by atoms with Gasteiger partial charge in [0.05, 0.1) is 12.8 Å². The Balaban J connectivity index is 1.74. The van der Waals surface area contributed by atoms with Gasteiger partial charge in [0.2, 0.25) is 0 Å². The second-order valence-corrected chi connectivity index (χ2v) is 5.26. The summed E-state index contributed by atoms with van der Waals surface area (Å²) in [6.45, 7) is 1.72. The number of carbonyl (C=O) groups excluding carboxylic acids is 1. The summed E-state index contributed by atoms with van der Waals surface area (Å²) in [6.07, 6.45) is 1.49. The van der Waals surface area contributed by atoms with Crippen LogP contribution in [0.1, 0.15) is 11.1 Å². The lowest BCUT2D eigenvalue weighted by atomic mass is 10.2.